The molecule has 1 saturated carbocycles. The first-order chi connectivity index (χ1) is 10.2. The van der Waals surface area contributed by atoms with Crippen LogP contribution in [0.25, 0.3) is 0 Å². The molecular weight excluding hydrogens is 260 g/mol. The van der Waals surface area contributed by atoms with E-state index in [0.717, 1.165) is 25.8 Å². The molecule has 2 unspecified atom stereocenters. The summed E-state index contributed by atoms with van der Waals surface area (Å²) in [5.41, 5.74) is 5.88. The Labute approximate surface area is 131 Å². The fourth-order valence-corrected chi connectivity index (χ4v) is 3.24. The first-order valence-electron chi connectivity index (χ1n) is 9.24. The molecular formula is C18H36N2O. The van der Waals surface area contributed by atoms with Gasteiger partial charge in [-0.05, 0) is 31.6 Å². The highest BCUT2D eigenvalue weighted by Crippen LogP contribution is 2.23. The van der Waals surface area contributed by atoms with Crippen LogP contribution in [0.5, 0.6) is 0 Å². The van der Waals surface area contributed by atoms with Crippen molar-refractivity contribution in [3.8, 4) is 0 Å². The first-order valence-corrected chi connectivity index (χ1v) is 9.24. The summed E-state index contributed by atoms with van der Waals surface area (Å²) in [6, 6.07) is 0.365. The molecule has 0 saturated heterocycles. The maximum absolute atomic E-state index is 11.7. The van der Waals surface area contributed by atoms with Crippen LogP contribution in [0.4, 0.5) is 0 Å². The number of nitrogens with two attached hydrogens (primary N) is 1. The summed E-state index contributed by atoms with van der Waals surface area (Å²) >= 11 is 0. The van der Waals surface area contributed by atoms with E-state index in [-0.39, 0.29) is 5.91 Å². The molecule has 3 heteroatoms. The zero-order valence-corrected chi connectivity index (χ0v) is 14.0. The van der Waals surface area contributed by atoms with Gasteiger partial charge >= 0.3 is 0 Å². The predicted molar refractivity (Wildman–Crippen MR) is 90.2 cm³/mol. The summed E-state index contributed by atoms with van der Waals surface area (Å²) in [4.78, 5) is 11.7. The average molecular weight is 296 g/mol. The minimum absolute atomic E-state index is 0.235. The lowest BCUT2D eigenvalue weighted by atomic mass is 10.1. The van der Waals surface area contributed by atoms with Gasteiger partial charge in [0, 0.05) is 19.0 Å². The van der Waals surface area contributed by atoms with Gasteiger partial charge in [-0.2, -0.15) is 0 Å². The number of hydrogen-bond acceptors (Lipinski definition) is 2. The van der Waals surface area contributed by atoms with Crippen molar-refractivity contribution in [2.45, 2.75) is 96.4 Å². The standard InChI is InChI=1S/C18H36N2O/c1-2-3-4-5-6-7-8-9-10-11-18(21)20-15-16-12-13-17(19)14-16/h16-17H,2-15,19H2,1H3,(H,20,21). The molecule has 0 heterocycles. The van der Waals surface area contributed by atoms with Gasteiger partial charge in [0.2, 0.25) is 5.91 Å². The Morgan fingerprint density at radius 1 is 1.00 bits per heavy atom. The van der Waals surface area contributed by atoms with Crippen molar-refractivity contribution in [1.82, 2.24) is 5.32 Å². The van der Waals surface area contributed by atoms with Gasteiger partial charge in [-0.3, -0.25) is 4.79 Å². The van der Waals surface area contributed by atoms with E-state index in [2.05, 4.69) is 12.2 Å². The van der Waals surface area contributed by atoms with E-state index in [1.165, 1.54) is 57.8 Å². The Morgan fingerprint density at radius 3 is 2.19 bits per heavy atom. The first kappa shape index (κ1) is 18.5. The van der Waals surface area contributed by atoms with E-state index >= 15 is 0 Å². The molecule has 21 heavy (non-hydrogen) atoms. The molecule has 124 valence electrons. The summed E-state index contributed by atoms with van der Waals surface area (Å²) in [7, 11) is 0. The van der Waals surface area contributed by atoms with E-state index in [0.29, 0.717) is 18.4 Å². The minimum atomic E-state index is 0.235. The van der Waals surface area contributed by atoms with Crippen LogP contribution in [0, 0.1) is 5.92 Å². The fourth-order valence-electron chi connectivity index (χ4n) is 3.24. The van der Waals surface area contributed by atoms with E-state index in [4.69, 9.17) is 5.73 Å². The molecule has 1 aliphatic rings. The third kappa shape index (κ3) is 9.89. The van der Waals surface area contributed by atoms with Gasteiger partial charge in [0.1, 0.15) is 0 Å². The minimum Gasteiger partial charge on any atom is -0.356 e. The van der Waals surface area contributed by atoms with E-state index in [9.17, 15) is 4.79 Å². The third-order valence-electron chi connectivity index (χ3n) is 4.68. The second kappa shape index (κ2) is 12.0. The third-order valence-corrected chi connectivity index (χ3v) is 4.68. The number of nitrogens with one attached hydrogen (secondary N) is 1. The molecule has 1 rings (SSSR count). The number of amides is 1. The average Bonchev–Trinajstić information content (AvgIpc) is 2.89. The van der Waals surface area contributed by atoms with Crippen LogP contribution >= 0.6 is 0 Å². The van der Waals surface area contributed by atoms with Crippen LogP contribution in [0.15, 0.2) is 0 Å². The van der Waals surface area contributed by atoms with Crippen molar-refractivity contribution in [3.05, 3.63) is 0 Å². The highest BCUT2D eigenvalue weighted by atomic mass is 16.1. The van der Waals surface area contributed by atoms with Crippen LogP contribution in [0.1, 0.15) is 90.4 Å². The largest absolute Gasteiger partial charge is 0.356 e. The van der Waals surface area contributed by atoms with Crippen molar-refractivity contribution in [2.75, 3.05) is 6.54 Å². The van der Waals surface area contributed by atoms with Gasteiger partial charge in [-0.15, -0.1) is 0 Å². The van der Waals surface area contributed by atoms with Crippen LogP contribution in [-0.2, 0) is 4.79 Å². The highest BCUT2D eigenvalue weighted by molar-refractivity contribution is 5.75. The molecule has 0 aliphatic heterocycles. The molecule has 3 nitrogen and oxygen atoms in total. The number of hydrogen-bond donors (Lipinski definition) is 2. The SMILES string of the molecule is CCCCCCCCCCCC(=O)NCC1CCC(N)C1. The zero-order valence-electron chi connectivity index (χ0n) is 14.0. The molecule has 0 radical (unpaired) electrons. The summed E-state index contributed by atoms with van der Waals surface area (Å²) in [5.74, 6) is 0.852. The fraction of sp³-hybridized carbons (Fsp3) is 0.944. The van der Waals surface area contributed by atoms with Gasteiger partial charge in [-0.1, -0.05) is 58.3 Å². The van der Waals surface area contributed by atoms with Crippen LogP contribution in [0.3, 0.4) is 0 Å². The van der Waals surface area contributed by atoms with E-state index < -0.39 is 0 Å². The van der Waals surface area contributed by atoms with Crippen molar-refractivity contribution < 1.29 is 4.79 Å². The van der Waals surface area contributed by atoms with Gasteiger partial charge < -0.3 is 11.1 Å². The van der Waals surface area contributed by atoms with E-state index in [1.807, 2.05) is 0 Å². The number of rotatable bonds is 12. The molecule has 3 N–H and O–H groups in total. The van der Waals surface area contributed by atoms with E-state index in [1.54, 1.807) is 0 Å². The maximum Gasteiger partial charge on any atom is 0.220 e. The van der Waals surface area contributed by atoms with Gasteiger partial charge in [-0.25, -0.2) is 0 Å². The second-order valence-corrected chi connectivity index (χ2v) is 6.82. The normalized spacial score (nSPS) is 21.6. The molecule has 1 amide bonds. The van der Waals surface area contributed by atoms with Crippen molar-refractivity contribution in [3.63, 3.8) is 0 Å². The summed E-state index contributed by atoms with van der Waals surface area (Å²) in [5, 5.41) is 3.08. The quantitative estimate of drug-likeness (QED) is 0.531. The zero-order chi connectivity index (χ0) is 15.3. The Balaban J connectivity index is 1.83. The Bertz CT molecular complexity index is 268. The van der Waals surface area contributed by atoms with Crippen LogP contribution in [0.2, 0.25) is 0 Å². The monoisotopic (exact) mass is 296 g/mol. The number of carbonyl (C=O) groups is 1. The summed E-state index contributed by atoms with van der Waals surface area (Å²) in [6.45, 7) is 3.09. The number of unbranched alkanes of at least 4 members (excludes halogenated alkanes) is 8. The molecule has 0 bridgehead atoms. The van der Waals surface area contributed by atoms with Crippen molar-refractivity contribution >= 4 is 5.91 Å². The molecule has 2 atom stereocenters. The van der Waals surface area contributed by atoms with Crippen molar-refractivity contribution in [1.29, 1.82) is 0 Å². The van der Waals surface area contributed by atoms with Crippen LogP contribution in [-0.4, -0.2) is 18.5 Å². The Morgan fingerprint density at radius 2 is 1.62 bits per heavy atom. The number of carbonyl (C=O) groups excluding carboxylic acids is 1. The predicted octanol–water partition coefficient (Wildman–Crippen LogP) is 4.15. The summed E-state index contributed by atoms with van der Waals surface area (Å²) < 4.78 is 0. The molecule has 0 spiro atoms. The highest BCUT2D eigenvalue weighted by Gasteiger charge is 2.21. The smallest absolute Gasteiger partial charge is 0.220 e. The Kier molecular flexibility index (Phi) is 10.6. The molecule has 0 aromatic heterocycles. The van der Waals surface area contributed by atoms with Gasteiger partial charge in [0.05, 0.1) is 0 Å². The topological polar surface area (TPSA) is 55.1 Å². The maximum atomic E-state index is 11.7. The molecule has 1 fully saturated rings. The molecule has 0 aromatic carbocycles. The molecule has 1 aliphatic carbocycles. The summed E-state index contributed by atoms with van der Waals surface area (Å²) in [6.07, 6.45) is 15.8. The van der Waals surface area contributed by atoms with Crippen molar-refractivity contribution in [2.24, 2.45) is 11.7 Å². The lowest BCUT2D eigenvalue weighted by Gasteiger charge is -2.11. The lowest BCUT2D eigenvalue weighted by Crippen LogP contribution is -2.28. The lowest BCUT2D eigenvalue weighted by molar-refractivity contribution is -0.121. The van der Waals surface area contributed by atoms with Crippen LogP contribution < -0.4 is 11.1 Å². The Hall–Kier alpha value is -0.570. The van der Waals surface area contributed by atoms with Gasteiger partial charge in [0.25, 0.3) is 0 Å². The van der Waals surface area contributed by atoms with Gasteiger partial charge in [0.15, 0.2) is 0 Å². The molecule has 0 aromatic rings. The second-order valence-electron chi connectivity index (χ2n) is 6.82.